The van der Waals surface area contributed by atoms with Crippen LogP contribution in [0, 0.1) is 0 Å². The number of benzene rings is 1. The maximum absolute atomic E-state index is 11.1. The molecular weight excluding hydrogens is 246 g/mol. The van der Waals surface area contributed by atoms with E-state index in [4.69, 9.17) is 4.55 Å². The number of aromatic nitrogens is 2. The molecule has 2 rings (SSSR count). The van der Waals surface area contributed by atoms with Crippen molar-refractivity contribution in [1.82, 2.24) is 9.97 Å². The van der Waals surface area contributed by atoms with E-state index in [-0.39, 0.29) is 12.2 Å². The first-order valence-corrected chi connectivity index (χ1v) is 6.47. The second-order valence-corrected chi connectivity index (χ2v) is 5.09. The van der Waals surface area contributed by atoms with Gasteiger partial charge in [0, 0.05) is 6.54 Å². The van der Waals surface area contributed by atoms with Gasteiger partial charge in [-0.3, -0.25) is 4.55 Å². The zero-order valence-electron chi connectivity index (χ0n) is 8.73. The predicted octanol–water partition coefficient (Wildman–Crippen LogP) is 0.156. The highest BCUT2D eigenvalue weighted by atomic mass is 32.2. The molecule has 7 nitrogen and oxygen atoms in total. The summed E-state index contributed by atoms with van der Waals surface area (Å²) in [5, 5.41) is 2.83. The number of hydrogen-bond acceptors (Lipinski definition) is 4. The van der Waals surface area contributed by atoms with Crippen molar-refractivity contribution in [3.05, 3.63) is 28.7 Å². The van der Waals surface area contributed by atoms with E-state index < -0.39 is 15.9 Å². The van der Waals surface area contributed by atoms with Gasteiger partial charge in [0.25, 0.3) is 10.1 Å². The highest BCUT2D eigenvalue weighted by molar-refractivity contribution is 7.85. The van der Waals surface area contributed by atoms with Gasteiger partial charge in [-0.15, -0.1) is 0 Å². The van der Waals surface area contributed by atoms with Crippen LogP contribution in [0.1, 0.15) is 0 Å². The molecule has 92 valence electrons. The van der Waals surface area contributed by atoms with Gasteiger partial charge in [0.2, 0.25) is 0 Å². The van der Waals surface area contributed by atoms with Crippen LogP contribution in [0.25, 0.3) is 11.0 Å². The van der Waals surface area contributed by atoms with Crippen LogP contribution >= 0.6 is 0 Å². The van der Waals surface area contributed by atoms with Crippen molar-refractivity contribution in [3.8, 4) is 0 Å². The van der Waals surface area contributed by atoms with E-state index in [2.05, 4.69) is 15.3 Å². The Bertz CT molecular complexity index is 686. The molecule has 0 spiro atoms. The molecule has 0 atom stereocenters. The molecule has 1 aromatic carbocycles. The van der Waals surface area contributed by atoms with Crippen LogP contribution in [-0.2, 0) is 10.1 Å². The lowest BCUT2D eigenvalue weighted by atomic mass is 10.2. The second kappa shape index (κ2) is 4.22. The average Bonchev–Trinajstić information content (AvgIpc) is 2.57. The number of nitrogens with one attached hydrogen (secondary N) is 3. The molecule has 1 heterocycles. The third-order valence-corrected chi connectivity index (χ3v) is 2.95. The van der Waals surface area contributed by atoms with Crippen molar-refractivity contribution in [1.29, 1.82) is 0 Å². The minimum Gasteiger partial charge on any atom is -0.382 e. The Kier molecular flexibility index (Phi) is 2.90. The number of rotatable bonds is 4. The van der Waals surface area contributed by atoms with E-state index in [9.17, 15) is 13.2 Å². The summed E-state index contributed by atoms with van der Waals surface area (Å²) in [7, 11) is -3.98. The monoisotopic (exact) mass is 257 g/mol. The zero-order chi connectivity index (χ0) is 12.5. The Balaban J connectivity index is 2.21. The summed E-state index contributed by atoms with van der Waals surface area (Å²) >= 11 is 0. The highest BCUT2D eigenvalue weighted by Crippen LogP contribution is 2.17. The first kappa shape index (κ1) is 11.7. The Labute approximate surface area is 96.6 Å². The largest absolute Gasteiger partial charge is 0.382 e. The van der Waals surface area contributed by atoms with Gasteiger partial charge in [0.1, 0.15) is 0 Å². The van der Waals surface area contributed by atoms with Crippen molar-refractivity contribution in [2.75, 3.05) is 17.6 Å². The fourth-order valence-corrected chi connectivity index (χ4v) is 1.88. The van der Waals surface area contributed by atoms with Crippen LogP contribution in [0.5, 0.6) is 0 Å². The molecule has 8 heteroatoms. The number of anilines is 1. The third kappa shape index (κ3) is 2.86. The molecule has 0 aliphatic heterocycles. The van der Waals surface area contributed by atoms with E-state index in [1.165, 1.54) is 0 Å². The number of imidazole rings is 1. The van der Waals surface area contributed by atoms with Gasteiger partial charge < -0.3 is 15.3 Å². The van der Waals surface area contributed by atoms with Gasteiger partial charge in [-0.1, -0.05) is 6.07 Å². The molecule has 0 radical (unpaired) electrons. The molecule has 0 saturated carbocycles. The van der Waals surface area contributed by atoms with E-state index in [0.717, 1.165) is 0 Å². The number of H-pyrrole nitrogens is 2. The summed E-state index contributed by atoms with van der Waals surface area (Å²) in [6.45, 7) is 0.0607. The van der Waals surface area contributed by atoms with Crippen LogP contribution in [-0.4, -0.2) is 35.2 Å². The van der Waals surface area contributed by atoms with Crippen LogP contribution in [0.4, 0.5) is 5.69 Å². The lowest BCUT2D eigenvalue weighted by molar-refractivity contribution is 0.484. The van der Waals surface area contributed by atoms with Crippen molar-refractivity contribution >= 4 is 26.8 Å². The Morgan fingerprint density at radius 1 is 1.29 bits per heavy atom. The van der Waals surface area contributed by atoms with Crippen LogP contribution in [0.3, 0.4) is 0 Å². The smallest absolute Gasteiger partial charge is 0.323 e. The van der Waals surface area contributed by atoms with Crippen molar-refractivity contribution in [2.24, 2.45) is 0 Å². The minimum atomic E-state index is -3.98. The average molecular weight is 257 g/mol. The van der Waals surface area contributed by atoms with Crippen LogP contribution < -0.4 is 11.0 Å². The van der Waals surface area contributed by atoms with Crippen molar-refractivity contribution in [2.45, 2.75) is 0 Å². The molecular formula is C9H11N3O4S. The van der Waals surface area contributed by atoms with Crippen LogP contribution in [0.2, 0.25) is 0 Å². The van der Waals surface area contributed by atoms with E-state index >= 15 is 0 Å². The molecule has 0 saturated heterocycles. The van der Waals surface area contributed by atoms with E-state index in [0.29, 0.717) is 16.7 Å². The Morgan fingerprint density at radius 3 is 2.76 bits per heavy atom. The van der Waals surface area contributed by atoms with Crippen LogP contribution in [0.15, 0.2) is 23.0 Å². The normalized spacial score (nSPS) is 11.8. The number of para-hydroxylation sites is 1. The highest BCUT2D eigenvalue weighted by Gasteiger charge is 2.06. The summed E-state index contributed by atoms with van der Waals surface area (Å²) in [5.41, 5.74) is 1.48. The summed E-state index contributed by atoms with van der Waals surface area (Å²) in [6, 6.07) is 5.15. The molecule has 2 aromatic rings. The maximum atomic E-state index is 11.1. The fourth-order valence-electron chi connectivity index (χ4n) is 1.52. The second-order valence-electron chi connectivity index (χ2n) is 3.52. The number of hydrogen-bond donors (Lipinski definition) is 4. The molecule has 0 aliphatic rings. The molecule has 1 aromatic heterocycles. The van der Waals surface area contributed by atoms with Gasteiger partial charge in [-0.25, -0.2) is 4.79 Å². The van der Waals surface area contributed by atoms with Gasteiger partial charge in [-0.05, 0) is 12.1 Å². The summed E-state index contributed by atoms with van der Waals surface area (Å²) < 4.78 is 29.7. The Morgan fingerprint density at radius 2 is 2.06 bits per heavy atom. The maximum Gasteiger partial charge on any atom is 0.323 e. The molecule has 0 amide bonds. The quantitative estimate of drug-likeness (QED) is 0.582. The first-order valence-electron chi connectivity index (χ1n) is 4.86. The summed E-state index contributed by atoms with van der Waals surface area (Å²) in [5.74, 6) is -0.391. The fraction of sp³-hybridized carbons (Fsp3) is 0.222. The molecule has 4 N–H and O–H groups in total. The summed E-state index contributed by atoms with van der Waals surface area (Å²) in [4.78, 5) is 16.3. The van der Waals surface area contributed by atoms with Crippen molar-refractivity contribution < 1.29 is 13.0 Å². The lowest BCUT2D eigenvalue weighted by Crippen LogP contribution is -2.14. The zero-order valence-corrected chi connectivity index (χ0v) is 9.54. The lowest BCUT2D eigenvalue weighted by Gasteiger charge is -2.05. The third-order valence-electron chi connectivity index (χ3n) is 2.23. The molecule has 0 fully saturated rings. The molecule has 0 bridgehead atoms. The summed E-state index contributed by atoms with van der Waals surface area (Å²) in [6.07, 6.45) is 0. The SMILES string of the molecule is O=c1[nH]c2cccc(NCCS(=O)(=O)O)c2[nH]1. The van der Waals surface area contributed by atoms with E-state index in [1.807, 2.05) is 0 Å². The van der Waals surface area contributed by atoms with Gasteiger partial charge in [0.15, 0.2) is 0 Å². The van der Waals surface area contributed by atoms with Gasteiger partial charge in [0.05, 0.1) is 22.5 Å². The van der Waals surface area contributed by atoms with Gasteiger partial charge in [-0.2, -0.15) is 8.42 Å². The topological polar surface area (TPSA) is 115 Å². The molecule has 17 heavy (non-hydrogen) atoms. The standard InChI is InChI=1S/C9H11N3O4S/c13-9-11-7-3-1-2-6(8(7)12-9)10-4-5-17(14,15)16/h1-3,10H,4-5H2,(H2,11,12,13)(H,14,15,16). The number of fused-ring (bicyclic) bond motifs is 1. The predicted molar refractivity (Wildman–Crippen MR) is 63.8 cm³/mol. The van der Waals surface area contributed by atoms with Gasteiger partial charge >= 0.3 is 5.69 Å². The Hall–Kier alpha value is -1.80. The molecule has 0 aliphatic carbocycles. The number of aromatic amines is 2. The molecule has 0 unspecified atom stereocenters. The first-order chi connectivity index (χ1) is 7.96. The van der Waals surface area contributed by atoms with E-state index in [1.54, 1.807) is 18.2 Å². The minimum absolute atomic E-state index is 0.0607. The van der Waals surface area contributed by atoms with Crippen molar-refractivity contribution in [3.63, 3.8) is 0 Å².